The molecule has 0 radical (unpaired) electrons. The van der Waals surface area contributed by atoms with Crippen molar-refractivity contribution in [2.45, 2.75) is 66.2 Å². The number of hydrogen-bond donors (Lipinski definition) is 0. The van der Waals surface area contributed by atoms with E-state index in [1.54, 1.807) is 0 Å². The summed E-state index contributed by atoms with van der Waals surface area (Å²) in [4.78, 5) is 4.57. The van der Waals surface area contributed by atoms with Crippen LogP contribution in [0, 0.1) is 23.2 Å². The Balaban J connectivity index is 1.89. The normalized spacial score (nSPS) is 32.5. The average molecular weight is 261 g/mol. The van der Waals surface area contributed by atoms with Gasteiger partial charge in [-0.2, -0.15) is 0 Å². The Hall–Kier alpha value is -0.590. The van der Waals surface area contributed by atoms with Crippen LogP contribution in [0.1, 0.15) is 66.2 Å². The molecule has 0 aromatic heterocycles. The molecule has 0 aromatic rings. The predicted octanol–water partition coefficient (Wildman–Crippen LogP) is 5.27. The van der Waals surface area contributed by atoms with Gasteiger partial charge in [-0.05, 0) is 69.6 Å². The van der Waals surface area contributed by atoms with Gasteiger partial charge in [0, 0.05) is 18.2 Å². The van der Waals surface area contributed by atoms with Crippen LogP contribution < -0.4 is 0 Å². The summed E-state index contributed by atoms with van der Waals surface area (Å²) in [6.45, 7) is 10.1. The highest BCUT2D eigenvalue weighted by Gasteiger charge is 2.31. The number of allylic oxidation sites excluding steroid dienone is 2. The SMILES string of the molecule is CCN=C(C)[C@@H]1C=CC(C2CCC(C)(C)CC2)CC1. The smallest absolute Gasteiger partial charge is 0.0360 e. The number of hydrogen-bond acceptors (Lipinski definition) is 1. The first-order valence-corrected chi connectivity index (χ1v) is 8.21. The topological polar surface area (TPSA) is 12.4 Å². The highest BCUT2D eigenvalue weighted by Crippen LogP contribution is 2.43. The summed E-state index contributed by atoms with van der Waals surface area (Å²) < 4.78 is 0. The summed E-state index contributed by atoms with van der Waals surface area (Å²) in [5.41, 5.74) is 1.93. The van der Waals surface area contributed by atoms with Crippen LogP contribution in [0.5, 0.6) is 0 Å². The van der Waals surface area contributed by atoms with Crippen LogP contribution in [0.4, 0.5) is 0 Å². The van der Waals surface area contributed by atoms with E-state index in [4.69, 9.17) is 0 Å². The first kappa shape index (κ1) is 14.8. The maximum absolute atomic E-state index is 4.57. The molecular formula is C18H31N. The molecule has 0 saturated heterocycles. The predicted molar refractivity (Wildman–Crippen MR) is 84.7 cm³/mol. The summed E-state index contributed by atoms with van der Waals surface area (Å²) >= 11 is 0. The van der Waals surface area contributed by atoms with E-state index in [0.717, 1.165) is 18.4 Å². The maximum atomic E-state index is 4.57. The third-order valence-corrected chi connectivity index (χ3v) is 5.34. The van der Waals surface area contributed by atoms with Crippen molar-refractivity contribution >= 4 is 5.71 Å². The highest BCUT2D eigenvalue weighted by atomic mass is 14.7. The molecule has 1 heteroatoms. The Bertz CT molecular complexity index is 341. The molecule has 1 saturated carbocycles. The van der Waals surface area contributed by atoms with Gasteiger partial charge in [0.15, 0.2) is 0 Å². The molecule has 0 aliphatic heterocycles. The third kappa shape index (κ3) is 3.94. The van der Waals surface area contributed by atoms with Crippen LogP contribution in [0.3, 0.4) is 0 Å². The molecule has 19 heavy (non-hydrogen) atoms. The molecule has 2 aliphatic rings. The molecule has 1 fully saturated rings. The fourth-order valence-corrected chi connectivity index (χ4v) is 3.80. The van der Waals surface area contributed by atoms with Gasteiger partial charge in [-0.15, -0.1) is 0 Å². The van der Waals surface area contributed by atoms with E-state index in [1.807, 2.05) is 0 Å². The van der Waals surface area contributed by atoms with Crippen molar-refractivity contribution in [1.82, 2.24) is 0 Å². The third-order valence-electron chi connectivity index (χ3n) is 5.34. The van der Waals surface area contributed by atoms with Gasteiger partial charge < -0.3 is 0 Å². The molecule has 0 aromatic carbocycles. The zero-order valence-electron chi connectivity index (χ0n) is 13.3. The average Bonchev–Trinajstić information content (AvgIpc) is 2.39. The lowest BCUT2D eigenvalue weighted by atomic mass is 9.67. The first-order valence-electron chi connectivity index (χ1n) is 8.21. The van der Waals surface area contributed by atoms with Crippen LogP contribution in [0.25, 0.3) is 0 Å². The van der Waals surface area contributed by atoms with E-state index in [2.05, 4.69) is 44.8 Å². The lowest BCUT2D eigenvalue weighted by Gasteiger charge is -2.38. The Morgan fingerprint density at radius 1 is 1.11 bits per heavy atom. The molecule has 108 valence electrons. The lowest BCUT2D eigenvalue weighted by Crippen LogP contribution is -2.27. The molecular weight excluding hydrogens is 230 g/mol. The van der Waals surface area contributed by atoms with Crippen LogP contribution in [-0.4, -0.2) is 12.3 Å². The molecule has 2 rings (SSSR count). The first-order chi connectivity index (χ1) is 9.02. The van der Waals surface area contributed by atoms with Gasteiger partial charge in [0.05, 0.1) is 0 Å². The van der Waals surface area contributed by atoms with Crippen molar-refractivity contribution in [2.24, 2.45) is 28.2 Å². The minimum atomic E-state index is 0.599. The van der Waals surface area contributed by atoms with Gasteiger partial charge in [-0.3, -0.25) is 4.99 Å². The summed E-state index contributed by atoms with van der Waals surface area (Å²) in [5, 5.41) is 0. The Labute approximate surface area is 119 Å². The van der Waals surface area contributed by atoms with Gasteiger partial charge in [-0.1, -0.05) is 26.0 Å². The molecule has 0 N–H and O–H groups in total. The largest absolute Gasteiger partial charge is 0.294 e. The Morgan fingerprint density at radius 3 is 2.32 bits per heavy atom. The Morgan fingerprint density at radius 2 is 1.79 bits per heavy atom. The summed E-state index contributed by atoms with van der Waals surface area (Å²) in [7, 11) is 0. The molecule has 1 nitrogen and oxygen atoms in total. The molecule has 2 aliphatic carbocycles. The highest BCUT2D eigenvalue weighted by molar-refractivity contribution is 5.86. The van der Waals surface area contributed by atoms with Crippen molar-refractivity contribution in [3.8, 4) is 0 Å². The molecule has 0 heterocycles. The number of rotatable bonds is 3. The van der Waals surface area contributed by atoms with Gasteiger partial charge in [0.2, 0.25) is 0 Å². The summed E-state index contributed by atoms with van der Waals surface area (Å²) in [6.07, 6.45) is 13.4. The number of aliphatic imine (C=N–C) groups is 1. The van der Waals surface area contributed by atoms with Gasteiger partial charge in [0.1, 0.15) is 0 Å². The van der Waals surface area contributed by atoms with Gasteiger partial charge in [-0.25, -0.2) is 0 Å². The number of nitrogens with zero attached hydrogens (tertiary/aromatic N) is 1. The monoisotopic (exact) mass is 261 g/mol. The van der Waals surface area contributed by atoms with Crippen molar-refractivity contribution in [3.63, 3.8) is 0 Å². The van der Waals surface area contributed by atoms with E-state index in [0.29, 0.717) is 11.3 Å². The van der Waals surface area contributed by atoms with Crippen molar-refractivity contribution < 1.29 is 0 Å². The maximum Gasteiger partial charge on any atom is 0.0360 e. The minimum absolute atomic E-state index is 0.599. The molecule has 0 amide bonds. The quantitative estimate of drug-likeness (QED) is 0.485. The van der Waals surface area contributed by atoms with Crippen LogP contribution in [0.15, 0.2) is 17.1 Å². The molecule has 0 spiro atoms. The fourth-order valence-electron chi connectivity index (χ4n) is 3.80. The standard InChI is InChI=1S/C18H31N/c1-5-19-14(2)15-6-8-16(9-7-15)17-10-12-18(3,4)13-11-17/h6,8,15-17H,5,7,9-13H2,1-4H3/t15-,16?/m1/s1. The van der Waals surface area contributed by atoms with Crippen molar-refractivity contribution in [2.75, 3.05) is 6.54 Å². The summed E-state index contributed by atoms with van der Waals surface area (Å²) in [6, 6.07) is 0. The van der Waals surface area contributed by atoms with Crippen molar-refractivity contribution in [3.05, 3.63) is 12.2 Å². The second-order valence-corrected chi connectivity index (χ2v) is 7.35. The van der Waals surface area contributed by atoms with Gasteiger partial charge in [0.25, 0.3) is 0 Å². The Kier molecular flexibility index (Phi) is 4.86. The van der Waals surface area contributed by atoms with Crippen LogP contribution in [-0.2, 0) is 0 Å². The zero-order valence-corrected chi connectivity index (χ0v) is 13.3. The van der Waals surface area contributed by atoms with Crippen molar-refractivity contribution in [1.29, 1.82) is 0 Å². The molecule has 2 atom stereocenters. The van der Waals surface area contributed by atoms with E-state index in [1.165, 1.54) is 44.2 Å². The van der Waals surface area contributed by atoms with E-state index in [9.17, 15) is 0 Å². The van der Waals surface area contributed by atoms with E-state index < -0.39 is 0 Å². The van der Waals surface area contributed by atoms with E-state index in [-0.39, 0.29) is 0 Å². The zero-order chi connectivity index (χ0) is 13.9. The summed E-state index contributed by atoms with van der Waals surface area (Å²) in [5.74, 6) is 2.42. The molecule has 0 bridgehead atoms. The lowest BCUT2D eigenvalue weighted by molar-refractivity contribution is 0.157. The minimum Gasteiger partial charge on any atom is -0.294 e. The van der Waals surface area contributed by atoms with Crippen LogP contribution in [0.2, 0.25) is 0 Å². The fraction of sp³-hybridized carbons (Fsp3) is 0.833. The second kappa shape index (κ2) is 6.24. The van der Waals surface area contributed by atoms with Crippen LogP contribution >= 0.6 is 0 Å². The van der Waals surface area contributed by atoms with Gasteiger partial charge >= 0.3 is 0 Å². The molecule has 1 unspecified atom stereocenters. The second-order valence-electron chi connectivity index (χ2n) is 7.35. The van der Waals surface area contributed by atoms with E-state index >= 15 is 0 Å².